The summed E-state index contributed by atoms with van der Waals surface area (Å²) in [6.07, 6.45) is 1.15. The van der Waals surface area contributed by atoms with Crippen molar-refractivity contribution in [3.8, 4) is 0 Å². The molecule has 0 aliphatic heterocycles. The summed E-state index contributed by atoms with van der Waals surface area (Å²) in [6.45, 7) is 4.33. The molecule has 23 heavy (non-hydrogen) atoms. The second kappa shape index (κ2) is 6.70. The number of para-hydroxylation sites is 2. The van der Waals surface area contributed by atoms with Gasteiger partial charge in [0.15, 0.2) is 0 Å². The number of benzene rings is 3. The lowest BCUT2D eigenvalue weighted by Gasteiger charge is -1.98. The van der Waals surface area contributed by atoms with Crippen LogP contribution < -0.4 is 0 Å². The van der Waals surface area contributed by atoms with Gasteiger partial charge in [0.2, 0.25) is 0 Å². The highest BCUT2D eigenvalue weighted by molar-refractivity contribution is 6.07. The lowest BCUT2D eigenvalue weighted by molar-refractivity contribution is 1.01. The van der Waals surface area contributed by atoms with Crippen LogP contribution in [0.2, 0.25) is 0 Å². The Morgan fingerprint density at radius 3 is 1.65 bits per heavy atom. The van der Waals surface area contributed by atoms with Crippen molar-refractivity contribution in [3.63, 3.8) is 0 Å². The average Bonchev–Trinajstić information content (AvgIpc) is 2.90. The van der Waals surface area contributed by atoms with Gasteiger partial charge in [0.1, 0.15) is 0 Å². The van der Waals surface area contributed by atoms with E-state index >= 15 is 0 Å². The third-order valence-corrected chi connectivity index (χ3v) is 4.46. The maximum atomic E-state index is 2.24. The molecular formula is C22H23N. The van der Waals surface area contributed by atoms with E-state index in [0.717, 1.165) is 6.42 Å². The second-order valence-electron chi connectivity index (χ2n) is 5.87. The van der Waals surface area contributed by atoms with Crippen LogP contribution in [0, 0.1) is 6.92 Å². The number of fused-ring (bicyclic) bond motifs is 3. The van der Waals surface area contributed by atoms with Crippen molar-refractivity contribution < 1.29 is 0 Å². The Morgan fingerprint density at radius 1 is 0.696 bits per heavy atom. The summed E-state index contributed by atoms with van der Waals surface area (Å²) in [5.41, 5.74) is 5.46. The first-order valence-corrected chi connectivity index (χ1v) is 8.19. The molecule has 1 nitrogen and oxygen atoms in total. The van der Waals surface area contributed by atoms with Gasteiger partial charge in [-0.1, -0.05) is 67.6 Å². The van der Waals surface area contributed by atoms with E-state index in [1.807, 2.05) is 0 Å². The summed E-state index contributed by atoms with van der Waals surface area (Å²) in [5.74, 6) is 0. The van der Waals surface area contributed by atoms with Gasteiger partial charge in [-0.25, -0.2) is 0 Å². The van der Waals surface area contributed by atoms with Crippen molar-refractivity contribution in [2.75, 3.05) is 0 Å². The Hall–Kier alpha value is -2.54. The molecule has 0 saturated heterocycles. The monoisotopic (exact) mass is 301 g/mol. The van der Waals surface area contributed by atoms with Crippen LogP contribution in [0.25, 0.3) is 21.8 Å². The quantitative estimate of drug-likeness (QED) is 0.413. The smallest absolute Gasteiger partial charge is 0.0488 e. The number of aromatic nitrogens is 1. The summed E-state index contributed by atoms with van der Waals surface area (Å²) in [6, 6.07) is 25.5. The molecule has 0 amide bonds. The highest BCUT2D eigenvalue weighted by atomic mass is 14.9. The molecular weight excluding hydrogens is 278 g/mol. The molecule has 0 N–H and O–H groups in total. The number of rotatable bonds is 1. The highest BCUT2D eigenvalue weighted by Crippen LogP contribution is 2.27. The normalized spacial score (nSPS) is 10.6. The molecule has 0 unspecified atom stereocenters. The molecule has 0 atom stereocenters. The van der Waals surface area contributed by atoms with Crippen LogP contribution in [0.3, 0.4) is 0 Å². The largest absolute Gasteiger partial charge is 0.344 e. The van der Waals surface area contributed by atoms with Crippen LogP contribution in [-0.4, -0.2) is 4.57 Å². The van der Waals surface area contributed by atoms with E-state index in [4.69, 9.17) is 0 Å². The SMILES string of the molecule is CCc1ccccc1C.Cn1c2ccccc2c2ccccc21. The number of hydrogen-bond acceptors (Lipinski definition) is 0. The van der Waals surface area contributed by atoms with Crippen LogP contribution in [0.15, 0.2) is 72.8 Å². The first kappa shape index (κ1) is 15.4. The molecule has 0 fully saturated rings. The van der Waals surface area contributed by atoms with Gasteiger partial charge >= 0.3 is 0 Å². The minimum atomic E-state index is 1.15. The van der Waals surface area contributed by atoms with Crippen LogP contribution >= 0.6 is 0 Å². The molecule has 0 aliphatic rings. The third-order valence-electron chi connectivity index (χ3n) is 4.46. The van der Waals surface area contributed by atoms with E-state index < -0.39 is 0 Å². The molecule has 0 saturated carbocycles. The zero-order valence-electron chi connectivity index (χ0n) is 14.1. The van der Waals surface area contributed by atoms with E-state index in [0.29, 0.717) is 0 Å². The summed E-state index contributed by atoms with van der Waals surface area (Å²) >= 11 is 0. The Labute approximate surface area is 138 Å². The van der Waals surface area contributed by atoms with Gasteiger partial charge in [-0.05, 0) is 36.6 Å². The van der Waals surface area contributed by atoms with Crippen molar-refractivity contribution >= 4 is 21.8 Å². The van der Waals surface area contributed by atoms with Gasteiger partial charge in [-0.3, -0.25) is 0 Å². The zero-order valence-corrected chi connectivity index (χ0v) is 14.1. The van der Waals surface area contributed by atoms with Gasteiger partial charge in [0.05, 0.1) is 0 Å². The standard InChI is InChI=1S/C13H11N.C9H12/c1-14-12-8-4-2-6-10(12)11-7-3-5-9-13(11)14;1-3-9-7-5-4-6-8(9)2/h2-9H,1H3;4-7H,3H2,1-2H3. The molecule has 0 bridgehead atoms. The maximum absolute atomic E-state index is 2.24. The Kier molecular flexibility index (Phi) is 4.47. The van der Waals surface area contributed by atoms with Gasteiger partial charge in [-0.15, -0.1) is 0 Å². The summed E-state index contributed by atoms with van der Waals surface area (Å²) in [4.78, 5) is 0. The first-order valence-electron chi connectivity index (χ1n) is 8.19. The summed E-state index contributed by atoms with van der Waals surface area (Å²) in [7, 11) is 2.12. The fourth-order valence-corrected chi connectivity index (χ4v) is 3.12. The van der Waals surface area contributed by atoms with Crippen molar-refractivity contribution in [1.29, 1.82) is 0 Å². The molecule has 1 aromatic heterocycles. The molecule has 0 aliphatic carbocycles. The van der Waals surface area contributed by atoms with Crippen molar-refractivity contribution in [2.45, 2.75) is 20.3 Å². The second-order valence-corrected chi connectivity index (χ2v) is 5.87. The van der Waals surface area contributed by atoms with E-state index in [1.165, 1.54) is 32.9 Å². The maximum Gasteiger partial charge on any atom is 0.0488 e. The van der Waals surface area contributed by atoms with E-state index in [2.05, 4.69) is 98.3 Å². The fraction of sp³-hybridized carbons (Fsp3) is 0.182. The average molecular weight is 301 g/mol. The minimum absolute atomic E-state index is 1.15. The zero-order chi connectivity index (χ0) is 16.2. The van der Waals surface area contributed by atoms with Crippen LogP contribution in [-0.2, 0) is 13.5 Å². The summed E-state index contributed by atoms with van der Waals surface area (Å²) in [5, 5.41) is 2.68. The topological polar surface area (TPSA) is 4.93 Å². The van der Waals surface area contributed by atoms with Gasteiger partial charge < -0.3 is 4.57 Å². The first-order chi connectivity index (χ1) is 11.2. The number of nitrogens with zero attached hydrogens (tertiary/aromatic N) is 1. The van der Waals surface area contributed by atoms with Crippen molar-refractivity contribution in [3.05, 3.63) is 83.9 Å². The lowest BCUT2D eigenvalue weighted by atomic mass is 10.1. The van der Waals surface area contributed by atoms with Gasteiger partial charge in [0.25, 0.3) is 0 Å². The Bertz CT molecular complexity index is 878. The minimum Gasteiger partial charge on any atom is -0.344 e. The molecule has 116 valence electrons. The number of hydrogen-bond donors (Lipinski definition) is 0. The predicted octanol–water partition coefficient (Wildman–Crippen LogP) is 5.89. The van der Waals surface area contributed by atoms with Crippen molar-refractivity contribution in [2.24, 2.45) is 7.05 Å². The van der Waals surface area contributed by atoms with E-state index in [-0.39, 0.29) is 0 Å². The molecule has 1 heteroatoms. The van der Waals surface area contributed by atoms with Crippen LogP contribution in [0.5, 0.6) is 0 Å². The predicted molar refractivity (Wildman–Crippen MR) is 101 cm³/mol. The van der Waals surface area contributed by atoms with Gasteiger partial charge in [0, 0.05) is 28.9 Å². The number of aryl methyl sites for hydroxylation is 3. The van der Waals surface area contributed by atoms with E-state index in [9.17, 15) is 0 Å². The molecule has 3 aromatic carbocycles. The molecule has 0 spiro atoms. The van der Waals surface area contributed by atoms with Crippen LogP contribution in [0.1, 0.15) is 18.1 Å². The molecule has 1 heterocycles. The summed E-state index contributed by atoms with van der Waals surface area (Å²) < 4.78 is 2.24. The Morgan fingerprint density at radius 2 is 1.17 bits per heavy atom. The molecule has 4 aromatic rings. The van der Waals surface area contributed by atoms with Crippen molar-refractivity contribution in [1.82, 2.24) is 4.57 Å². The highest BCUT2D eigenvalue weighted by Gasteiger charge is 2.04. The Balaban J connectivity index is 0.000000151. The van der Waals surface area contributed by atoms with E-state index in [1.54, 1.807) is 0 Å². The molecule has 0 radical (unpaired) electrons. The van der Waals surface area contributed by atoms with Crippen LogP contribution in [0.4, 0.5) is 0 Å². The van der Waals surface area contributed by atoms with Gasteiger partial charge in [-0.2, -0.15) is 0 Å². The lowest BCUT2D eigenvalue weighted by Crippen LogP contribution is -1.84. The molecule has 4 rings (SSSR count). The fourth-order valence-electron chi connectivity index (χ4n) is 3.12. The third kappa shape index (κ3) is 3.00.